The van der Waals surface area contributed by atoms with Crippen LogP contribution in [0.1, 0.15) is 44.5 Å². The van der Waals surface area contributed by atoms with E-state index < -0.39 is 15.9 Å². The van der Waals surface area contributed by atoms with Crippen LogP contribution in [-0.2, 0) is 14.6 Å². The third kappa shape index (κ3) is 5.67. The molecule has 1 atom stereocenters. The van der Waals surface area contributed by atoms with Crippen molar-refractivity contribution in [1.29, 1.82) is 0 Å². The maximum Gasteiger partial charge on any atom is 0.238 e. The summed E-state index contributed by atoms with van der Waals surface area (Å²) >= 11 is 0. The molecule has 1 unspecified atom stereocenters. The number of rotatable bonds is 8. The van der Waals surface area contributed by atoms with Crippen LogP contribution in [0.25, 0.3) is 0 Å². The van der Waals surface area contributed by atoms with Gasteiger partial charge < -0.3 is 9.73 Å². The highest BCUT2D eigenvalue weighted by Gasteiger charge is 2.23. The summed E-state index contributed by atoms with van der Waals surface area (Å²) in [5.41, 5.74) is 0. The smallest absolute Gasteiger partial charge is 0.238 e. The summed E-state index contributed by atoms with van der Waals surface area (Å²) < 4.78 is 29.9. The van der Waals surface area contributed by atoms with Crippen LogP contribution >= 0.6 is 0 Å². The molecular formula is C17H23N3O4S. The van der Waals surface area contributed by atoms with Crippen molar-refractivity contribution in [2.45, 2.75) is 44.6 Å². The number of sulfone groups is 1. The predicted molar refractivity (Wildman–Crippen MR) is 92.5 cm³/mol. The van der Waals surface area contributed by atoms with E-state index >= 15 is 0 Å². The average Bonchev–Trinajstić information content (AvgIpc) is 2.99. The van der Waals surface area contributed by atoms with E-state index in [9.17, 15) is 13.2 Å². The zero-order valence-electron chi connectivity index (χ0n) is 14.6. The number of nitrogens with zero attached hydrogens (tertiary/aromatic N) is 2. The van der Waals surface area contributed by atoms with Gasteiger partial charge in [-0.1, -0.05) is 32.0 Å². The molecule has 1 heterocycles. The van der Waals surface area contributed by atoms with Gasteiger partial charge in [-0.15, -0.1) is 10.2 Å². The summed E-state index contributed by atoms with van der Waals surface area (Å²) in [7, 11) is -3.49. The minimum Gasteiger partial charge on any atom is -0.423 e. The Morgan fingerprint density at radius 3 is 2.44 bits per heavy atom. The SMILES string of the molecule is Cc1nnc(C(CC(C)C)NC(=O)CCS(=O)(=O)c2ccccc2)o1. The second kappa shape index (κ2) is 8.24. The number of aryl methyl sites for hydroxylation is 1. The maximum atomic E-state index is 12.3. The summed E-state index contributed by atoms with van der Waals surface area (Å²) in [5, 5.41) is 10.5. The minimum absolute atomic E-state index is 0.126. The Hall–Kier alpha value is -2.22. The first-order chi connectivity index (χ1) is 11.8. The molecule has 1 aromatic carbocycles. The lowest BCUT2D eigenvalue weighted by atomic mass is 10.0. The highest BCUT2D eigenvalue weighted by Crippen LogP contribution is 2.20. The lowest BCUT2D eigenvalue weighted by Gasteiger charge is -2.17. The van der Waals surface area contributed by atoms with Crippen molar-refractivity contribution < 1.29 is 17.6 Å². The van der Waals surface area contributed by atoms with E-state index in [1.165, 1.54) is 12.1 Å². The Bertz CT molecular complexity index is 800. The van der Waals surface area contributed by atoms with Gasteiger partial charge in [0, 0.05) is 13.3 Å². The molecule has 0 radical (unpaired) electrons. The molecule has 0 aliphatic rings. The second-order valence-electron chi connectivity index (χ2n) is 6.29. The topological polar surface area (TPSA) is 102 Å². The maximum absolute atomic E-state index is 12.3. The van der Waals surface area contributed by atoms with Crippen LogP contribution in [0.2, 0.25) is 0 Å². The second-order valence-corrected chi connectivity index (χ2v) is 8.40. The molecule has 1 aromatic heterocycles. The largest absolute Gasteiger partial charge is 0.423 e. The van der Waals surface area contributed by atoms with E-state index in [0.29, 0.717) is 24.1 Å². The molecule has 2 aromatic rings. The lowest BCUT2D eigenvalue weighted by molar-refractivity contribution is -0.121. The van der Waals surface area contributed by atoms with E-state index in [4.69, 9.17) is 4.42 Å². The van der Waals surface area contributed by atoms with Gasteiger partial charge in [-0.2, -0.15) is 0 Å². The van der Waals surface area contributed by atoms with E-state index in [1.54, 1.807) is 25.1 Å². The van der Waals surface area contributed by atoms with Crippen LogP contribution in [0.15, 0.2) is 39.6 Å². The number of amides is 1. The molecule has 0 aliphatic heterocycles. The van der Waals surface area contributed by atoms with Crippen molar-refractivity contribution >= 4 is 15.7 Å². The van der Waals surface area contributed by atoms with Crippen molar-refractivity contribution in [3.8, 4) is 0 Å². The Kier molecular flexibility index (Phi) is 6.30. The molecule has 2 rings (SSSR count). The van der Waals surface area contributed by atoms with E-state index in [0.717, 1.165) is 0 Å². The fraction of sp³-hybridized carbons (Fsp3) is 0.471. The van der Waals surface area contributed by atoms with Gasteiger partial charge in [0.25, 0.3) is 0 Å². The molecule has 8 heteroatoms. The third-order valence-corrected chi connectivity index (χ3v) is 5.31. The molecule has 0 saturated heterocycles. The first-order valence-corrected chi connectivity index (χ1v) is 9.80. The van der Waals surface area contributed by atoms with Gasteiger partial charge in [-0.25, -0.2) is 8.42 Å². The molecule has 1 amide bonds. The Labute approximate surface area is 147 Å². The van der Waals surface area contributed by atoms with Crippen molar-refractivity contribution in [3.63, 3.8) is 0 Å². The molecule has 136 valence electrons. The summed E-state index contributed by atoms with van der Waals surface area (Å²) in [6, 6.07) is 7.68. The van der Waals surface area contributed by atoms with Crippen molar-refractivity contribution in [1.82, 2.24) is 15.5 Å². The van der Waals surface area contributed by atoms with Gasteiger partial charge in [-0.3, -0.25) is 4.79 Å². The number of carbonyl (C=O) groups is 1. The van der Waals surface area contributed by atoms with Gasteiger partial charge in [0.2, 0.25) is 17.7 Å². The first kappa shape index (κ1) is 19.1. The standard InChI is InChI=1S/C17H23N3O4S/c1-12(2)11-15(17-20-19-13(3)24-17)18-16(21)9-10-25(22,23)14-7-5-4-6-8-14/h4-8,12,15H,9-11H2,1-3H3,(H,18,21). The van der Waals surface area contributed by atoms with Gasteiger partial charge in [0.1, 0.15) is 6.04 Å². The monoisotopic (exact) mass is 365 g/mol. The van der Waals surface area contributed by atoms with Gasteiger partial charge in [0.05, 0.1) is 10.6 Å². The van der Waals surface area contributed by atoms with Crippen LogP contribution in [0.3, 0.4) is 0 Å². The minimum atomic E-state index is -3.49. The highest BCUT2D eigenvalue weighted by atomic mass is 32.2. The number of hydrogen-bond acceptors (Lipinski definition) is 6. The summed E-state index contributed by atoms with van der Waals surface area (Å²) in [4.78, 5) is 12.4. The first-order valence-electron chi connectivity index (χ1n) is 8.15. The molecule has 0 fully saturated rings. The molecular weight excluding hydrogens is 342 g/mol. The highest BCUT2D eigenvalue weighted by molar-refractivity contribution is 7.91. The van der Waals surface area contributed by atoms with Crippen molar-refractivity contribution in [2.24, 2.45) is 5.92 Å². The van der Waals surface area contributed by atoms with Crippen LogP contribution < -0.4 is 5.32 Å². The van der Waals surface area contributed by atoms with Crippen LogP contribution in [0, 0.1) is 12.8 Å². The Balaban J connectivity index is 1.99. The zero-order chi connectivity index (χ0) is 18.4. The predicted octanol–water partition coefficient (Wildman–Crippen LogP) is 2.45. The van der Waals surface area contributed by atoms with Gasteiger partial charge >= 0.3 is 0 Å². The molecule has 0 spiro atoms. The van der Waals surface area contributed by atoms with E-state index in [2.05, 4.69) is 15.5 Å². The molecule has 25 heavy (non-hydrogen) atoms. The number of nitrogens with one attached hydrogen (secondary N) is 1. The molecule has 7 nitrogen and oxygen atoms in total. The zero-order valence-corrected chi connectivity index (χ0v) is 15.4. The quantitative estimate of drug-likeness (QED) is 0.771. The fourth-order valence-electron chi connectivity index (χ4n) is 2.38. The summed E-state index contributed by atoms with van der Waals surface area (Å²) in [6.45, 7) is 5.71. The fourth-order valence-corrected chi connectivity index (χ4v) is 3.65. The summed E-state index contributed by atoms with van der Waals surface area (Å²) in [6.07, 6.45) is 0.498. The Morgan fingerprint density at radius 1 is 1.20 bits per heavy atom. The average molecular weight is 365 g/mol. The Morgan fingerprint density at radius 2 is 1.88 bits per heavy atom. The molecule has 0 bridgehead atoms. The summed E-state index contributed by atoms with van der Waals surface area (Å²) in [5.74, 6) is 0.446. The molecule has 0 aliphatic carbocycles. The van der Waals surface area contributed by atoms with E-state index in [-0.39, 0.29) is 23.0 Å². The lowest BCUT2D eigenvalue weighted by Crippen LogP contribution is -2.31. The molecule has 0 saturated carbocycles. The van der Waals surface area contributed by atoms with Crippen molar-refractivity contribution in [3.05, 3.63) is 42.1 Å². The van der Waals surface area contributed by atoms with Crippen LogP contribution in [-0.4, -0.2) is 30.3 Å². The van der Waals surface area contributed by atoms with Crippen LogP contribution in [0.4, 0.5) is 0 Å². The van der Waals surface area contributed by atoms with Crippen molar-refractivity contribution in [2.75, 3.05) is 5.75 Å². The van der Waals surface area contributed by atoms with Gasteiger partial charge in [0.15, 0.2) is 9.84 Å². The normalized spacial score (nSPS) is 13.0. The molecule has 1 N–H and O–H groups in total. The van der Waals surface area contributed by atoms with E-state index in [1.807, 2.05) is 13.8 Å². The number of benzene rings is 1. The van der Waals surface area contributed by atoms with Gasteiger partial charge in [-0.05, 0) is 24.5 Å². The van der Waals surface area contributed by atoms with Crippen LogP contribution in [0.5, 0.6) is 0 Å². The third-order valence-electron chi connectivity index (χ3n) is 3.58. The number of hydrogen-bond donors (Lipinski definition) is 1. The number of aromatic nitrogens is 2. The number of carbonyl (C=O) groups excluding carboxylic acids is 1.